The van der Waals surface area contributed by atoms with Gasteiger partial charge in [0, 0.05) is 5.56 Å². The Morgan fingerprint density at radius 3 is 2.62 bits per heavy atom. The Morgan fingerprint density at radius 2 is 2.05 bits per heavy atom. The van der Waals surface area contributed by atoms with Crippen molar-refractivity contribution in [3.05, 3.63) is 59.0 Å². The Hall–Kier alpha value is -2.51. The fourth-order valence-corrected chi connectivity index (χ4v) is 1.99. The number of nitrogens with two attached hydrogens (primary N) is 1. The summed E-state index contributed by atoms with van der Waals surface area (Å²) in [7, 11) is 0. The van der Waals surface area contributed by atoms with Crippen LogP contribution < -0.4 is 11.1 Å². The number of nitrogens with one attached hydrogen (secondary N) is 1. The molecule has 0 fully saturated rings. The summed E-state index contributed by atoms with van der Waals surface area (Å²) in [4.78, 5) is 12.1. The van der Waals surface area contributed by atoms with Gasteiger partial charge in [0.1, 0.15) is 5.76 Å². The second kappa shape index (κ2) is 6.78. The van der Waals surface area contributed by atoms with Crippen LogP contribution in [0.15, 0.2) is 41.0 Å². The first-order chi connectivity index (χ1) is 10.1. The topological polar surface area (TPSA) is 68.3 Å². The molecule has 0 saturated heterocycles. The number of aryl methyl sites for hydroxylation is 1. The largest absolute Gasteiger partial charge is 0.469 e. The smallest absolute Gasteiger partial charge is 0.255 e. The molecule has 0 radical (unpaired) electrons. The van der Waals surface area contributed by atoms with Gasteiger partial charge in [-0.2, -0.15) is 0 Å². The maximum absolute atomic E-state index is 12.1. The molecular weight excluding hydrogens is 264 g/mol. The maximum Gasteiger partial charge on any atom is 0.255 e. The molecule has 4 nitrogen and oxygen atoms in total. The molecule has 1 aromatic heterocycles. The van der Waals surface area contributed by atoms with E-state index >= 15 is 0 Å². The molecule has 3 N–H and O–H groups in total. The molecule has 4 heteroatoms. The minimum Gasteiger partial charge on any atom is -0.469 e. The highest BCUT2D eigenvalue weighted by molar-refractivity contribution is 5.95. The minimum absolute atomic E-state index is 0.0942. The van der Waals surface area contributed by atoms with Gasteiger partial charge in [-0.1, -0.05) is 24.0 Å². The van der Waals surface area contributed by atoms with Crippen LogP contribution in [0.1, 0.15) is 40.2 Å². The minimum atomic E-state index is -0.138. The standard InChI is InChI=1S/C17H18N2O2/c1-12(19-17(20)16-9-11-21-13(16)2)15-7-5-14(6-8-15)4-3-10-18/h5-9,11-12H,10,18H2,1-2H3,(H,19,20). The van der Waals surface area contributed by atoms with E-state index in [0.717, 1.165) is 11.1 Å². The normalized spacial score (nSPS) is 11.4. The SMILES string of the molecule is Cc1occc1C(=O)NC(C)c1ccc(C#CCN)cc1. The van der Waals surface area contributed by atoms with E-state index in [4.69, 9.17) is 10.2 Å². The van der Waals surface area contributed by atoms with Crippen LogP contribution in [-0.4, -0.2) is 12.5 Å². The Bertz CT molecular complexity index is 675. The maximum atomic E-state index is 12.1. The molecule has 0 spiro atoms. The lowest BCUT2D eigenvalue weighted by atomic mass is 10.1. The zero-order valence-corrected chi connectivity index (χ0v) is 12.1. The molecule has 1 heterocycles. The molecule has 1 aromatic carbocycles. The summed E-state index contributed by atoms with van der Waals surface area (Å²) < 4.78 is 5.14. The van der Waals surface area contributed by atoms with Crippen LogP contribution in [-0.2, 0) is 0 Å². The van der Waals surface area contributed by atoms with Crippen molar-refractivity contribution in [1.29, 1.82) is 0 Å². The Labute approximate surface area is 124 Å². The van der Waals surface area contributed by atoms with Crippen molar-refractivity contribution < 1.29 is 9.21 Å². The van der Waals surface area contributed by atoms with Gasteiger partial charge < -0.3 is 15.5 Å². The molecule has 0 bridgehead atoms. The van der Waals surface area contributed by atoms with Crippen molar-refractivity contribution in [2.45, 2.75) is 19.9 Å². The molecule has 0 aliphatic rings. The highest BCUT2D eigenvalue weighted by atomic mass is 16.3. The van der Waals surface area contributed by atoms with Gasteiger partial charge in [-0.3, -0.25) is 4.79 Å². The number of carbonyl (C=O) groups excluding carboxylic acids is 1. The lowest BCUT2D eigenvalue weighted by molar-refractivity contribution is 0.0938. The number of carbonyl (C=O) groups is 1. The van der Waals surface area contributed by atoms with E-state index in [9.17, 15) is 4.79 Å². The number of hydrogen-bond donors (Lipinski definition) is 2. The van der Waals surface area contributed by atoms with E-state index < -0.39 is 0 Å². The summed E-state index contributed by atoms with van der Waals surface area (Å²) in [5.41, 5.74) is 7.83. The molecule has 21 heavy (non-hydrogen) atoms. The van der Waals surface area contributed by atoms with Crippen LogP contribution in [0.5, 0.6) is 0 Å². The number of rotatable bonds is 3. The number of benzene rings is 1. The van der Waals surface area contributed by atoms with E-state index in [1.807, 2.05) is 31.2 Å². The van der Waals surface area contributed by atoms with Crippen LogP contribution in [0.3, 0.4) is 0 Å². The van der Waals surface area contributed by atoms with Crippen LogP contribution >= 0.6 is 0 Å². The third kappa shape index (κ3) is 3.74. The Kier molecular flexibility index (Phi) is 4.81. The summed E-state index contributed by atoms with van der Waals surface area (Å²) in [5, 5.41) is 2.95. The van der Waals surface area contributed by atoms with Crippen LogP contribution in [0, 0.1) is 18.8 Å². The van der Waals surface area contributed by atoms with Crippen molar-refractivity contribution in [1.82, 2.24) is 5.32 Å². The van der Waals surface area contributed by atoms with Gasteiger partial charge in [0.15, 0.2) is 0 Å². The van der Waals surface area contributed by atoms with Crippen molar-refractivity contribution in [3.63, 3.8) is 0 Å². The third-order valence-electron chi connectivity index (χ3n) is 3.20. The van der Waals surface area contributed by atoms with E-state index in [2.05, 4.69) is 17.2 Å². The van der Waals surface area contributed by atoms with Gasteiger partial charge in [-0.05, 0) is 37.6 Å². The average molecular weight is 282 g/mol. The molecule has 108 valence electrons. The molecule has 0 aliphatic heterocycles. The zero-order chi connectivity index (χ0) is 15.2. The number of furan rings is 1. The lowest BCUT2D eigenvalue weighted by Gasteiger charge is -2.14. The molecule has 2 rings (SSSR count). The fraction of sp³-hybridized carbons (Fsp3) is 0.235. The zero-order valence-electron chi connectivity index (χ0n) is 12.1. The van der Waals surface area contributed by atoms with Crippen molar-refractivity contribution in [3.8, 4) is 11.8 Å². The van der Waals surface area contributed by atoms with E-state index in [1.165, 1.54) is 6.26 Å². The quantitative estimate of drug-likeness (QED) is 0.849. The average Bonchev–Trinajstić information content (AvgIpc) is 2.91. The summed E-state index contributed by atoms with van der Waals surface area (Å²) in [5.74, 6) is 6.25. The summed E-state index contributed by atoms with van der Waals surface area (Å²) in [6, 6.07) is 9.32. The first-order valence-electron chi connectivity index (χ1n) is 6.75. The number of amides is 1. The van der Waals surface area contributed by atoms with Gasteiger partial charge >= 0.3 is 0 Å². The predicted octanol–water partition coefficient (Wildman–Crippen LogP) is 2.39. The number of hydrogen-bond acceptors (Lipinski definition) is 3. The van der Waals surface area contributed by atoms with Gasteiger partial charge in [0.2, 0.25) is 0 Å². The van der Waals surface area contributed by atoms with Crippen molar-refractivity contribution in [2.24, 2.45) is 5.73 Å². The van der Waals surface area contributed by atoms with Gasteiger partial charge in [-0.15, -0.1) is 0 Å². The molecule has 2 aromatic rings. The first-order valence-corrected chi connectivity index (χ1v) is 6.75. The summed E-state index contributed by atoms with van der Waals surface area (Å²) in [6.45, 7) is 4.05. The Balaban J connectivity index is 2.05. The van der Waals surface area contributed by atoms with Gasteiger partial charge in [0.25, 0.3) is 5.91 Å². The van der Waals surface area contributed by atoms with Gasteiger partial charge in [0.05, 0.1) is 24.4 Å². The van der Waals surface area contributed by atoms with Crippen molar-refractivity contribution in [2.75, 3.05) is 6.54 Å². The monoisotopic (exact) mass is 282 g/mol. The molecule has 0 saturated carbocycles. The third-order valence-corrected chi connectivity index (χ3v) is 3.20. The second-order valence-electron chi connectivity index (χ2n) is 4.71. The van der Waals surface area contributed by atoms with Crippen LogP contribution in [0.4, 0.5) is 0 Å². The summed E-state index contributed by atoms with van der Waals surface area (Å²) in [6.07, 6.45) is 1.51. The van der Waals surface area contributed by atoms with Crippen molar-refractivity contribution >= 4 is 5.91 Å². The molecule has 0 aliphatic carbocycles. The molecule has 1 atom stereocenters. The first kappa shape index (κ1) is 14.9. The van der Waals surface area contributed by atoms with Gasteiger partial charge in [-0.25, -0.2) is 0 Å². The molecular formula is C17H18N2O2. The predicted molar refractivity (Wildman–Crippen MR) is 81.7 cm³/mol. The highest BCUT2D eigenvalue weighted by Gasteiger charge is 2.14. The van der Waals surface area contributed by atoms with E-state index in [0.29, 0.717) is 17.9 Å². The van der Waals surface area contributed by atoms with Crippen LogP contribution in [0.25, 0.3) is 0 Å². The second-order valence-corrected chi connectivity index (χ2v) is 4.71. The molecule has 1 amide bonds. The van der Waals surface area contributed by atoms with E-state index in [1.54, 1.807) is 13.0 Å². The highest BCUT2D eigenvalue weighted by Crippen LogP contribution is 2.15. The summed E-state index contributed by atoms with van der Waals surface area (Å²) >= 11 is 0. The van der Waals surface area contributed by atoms with Crippen LogP contribution in [0.2, 0.25) is 0 Å². The van der Waals surface area contributed by atoms with E-state index in [-0.39, 0.29) is 11.9 Å². The fourth-order valence-electron chi connectivity index (χ4n) is 1.99. The Morgan fingerprint density at radius 1 is 1.33 bits per heavy atom. The molecule has 1 unspecified atom stereocenters. The lowest BCUT2D eigenvalue weighted by Crippen LogP contribution is -2.26.